The van der Waals surface area contributed by atoms with Gasteiger partial charge < -0.3 is 5.11 Å². The SMILES string of the molecule is OC1C=CCN(CCCl)C1. The lowest BCUT2D eigenvalue weighted by molar-refractivity contribution is 0.148. The number of rotatable bonds is 2. The lowest BCUT2D eigenvalue weighted by Crippen LogP contribution is -2.36. The minimum absolute atomic E-state index is 0.294. The Morgan fingerprint density at radius 2 is 2.50 bits per heavy atom. The molecule has 1 aliphatic rings. The molecule has 1 atom stereocenters. The zero-order valence-electron chi connectivity index (χ0n) is 5.83. The summed E-state index contributed by atoms with van der Waals surface area (Å²) in [5.74, 6) is 0.639. The van der Waals surface area contributed by atoms with Crippen molar-refractivity contribution >= 4 is 11.6 Å². The fourth-order valence-corrected chi connectivity index (χ4v) is 1.31. The molecule has 0 saturated carbocycles. The second-order valence-electron chi connectivity index (χ2n) is 2.44. The fraction of sp³-hybridized carbons (Fsp3) is 0.714. The summed E-state index contributed by atoms with van der Waals surface area (Å²) in [6.45, 7) is 2.51. The second kappa shape index (κ2) is 3.96. The molecule has 1 heterocycles. The highest BCUT2D eigenvalue weighted by atomic mass is 35.5. The van der Waals surface area contributed by atoms with Crippen molar-refractivity contribution in [3.63, 3.8) is 0 Å². The molecule has 0 radical (unpaired) electrons. The number of hydrogen-bond donors (Lipinski definition) is 1. The van der Waals surface area contributed by atoms with Crippen molar-refractivity contribution < 1.29 is 5.11 Å². The highest BCUT2D eigenvalue weighted by Gasteiger charge is 2.10. The van der Waals surface area contributed by atoms with Gasteiger partial charge in [0.25, 0.3) is 0 Å². The number of alkyl halides is 1. The van der Waals surface area contributed by atoms with Crippen LogP contribution in [0.25, 0.3) is 0 Å². The predicted octanol–water partition coefficient (Wildman–Crippen LogP) is 0.458. The van der Waals surface area contributed by atoms with Crippen LogP contribution in [0.2, 0.25) is 0 Å². The number of nitrogens with zero attached hydrogens (tertiary/aromatic N) is 1. The van der Waals surface area contributed by atoms with Crippen LogP contribution >= 0.6 is 11.6 Å². The first-order valence-corrected chi connectivity index (χ1v) is 3.99. The maximum atomic E-state index is 9.13. The predicted molar refractivity (Wildman–Crippen MR) is 42.3 cm³/mol. The molecule has 1 rings (SSSR count). The van der Waals surface area contributed by atoms with E-state index in [1.165, 1.54) is 0 Å². The molecule has 0 amide bonds. The minimum Gasteiger partial charge on any atom is -0.388 e. The Hall–Kier alpha value is -0.0500. The summed E-state index contributed by atoms with van der Waals surface area (Å²) in [5.41, 5.74) is 0. The Bertz CT molecular complexity index is 127. The van der Waals surface area contributed by atoms with E-state index in [0.717, 1.165) is 19.6 Å². The van der Waals surface area contributed by atoms with E-state index < -0.39 is 0 Å². The maximum absolute atomic E-state index is 9.13. The molecular formula is C7H12ClNO. The summed E-state index contributed by atoms with van der Waals surface area (Å²) < 4.78 is 0. The largest absolute Gasteiger partial charge is 0.388 e. The Balaban J connectivity index is 2.29. The molecule has 0 aromatic heterocycles. The van der Waals surface area contributed by atoms with Gasteiger partial charge in [-0.05, 0) is 0 Å². The number of halogens is 1. The maximum Gasteiger partial charge on any atom is 0.0848 e. The third-order valence-electron chi connectivity index (χ3n) is 1.57. The Kier molecular flexibility index (Phi) is 3.19. The van der Waals surface area contributed by atoms with E-state index in [9.17, 15) is 0 Å². The molecular weight excluding hydrogens is 150 g/mol. The monoisotopic (exact) mass is 161 g/mol. The molecule has 1 N–H and O–H groups in total. The minimum atomic E-state index is -0.294. The van der Waals surface area contributed by atoms with Crippen molar-refractivity contribution in [3.05, 3.63) is 12.2 Å². The molecule has 0 bridgehead atoms. The average molecular weight is 162 g/mol. The van der Waals surface area contributed by atoms with Gasteiger partial charge in [0.05, 0.1) is 6.10 Å². The highest BCUT2D eigenvalue weighted by molar-refractivity contribution is 6.18. The molecule has 1 unspecified atom stereocenters. The summed E-state index contributed by atoms with van der Waals surface area (Å²) in [4.78, 5) is 2.12. The summed E-state index contributed by atoms with van der Waals surface area (Å²) in [6, 6.07) is 0. The van der Waals surface area contributed by atoms with Crippen LogP contribution in [0, 0.1) is 0 Å². The van der Waals surface area contributed by atoms with Gasteiger partial charge in [0.2, 0.25) is 0 Å². The van der Waals surface area contributed by atoms with Gasteiger partial charge >= 0.3 is 0 Å². The molecule has 58 valence electrons. The van der Waals surface area contributed by atoms with Crippen molar-refractivity contribution in [2.24, 2.45) is 0 Å². The van der Waals surface area contributed by atoms with Crippen LogP contribution in [-0.4, -0.2) is 41.6 Å². The van der Waals surface area contributed by atoms with E-state index in [4.69, 9.17) is 16.7 Å². The number of aliphatic hydroxyl groups excluding tert-OH is 1. The molecule has 2 nitrogen and oxygen atoms in total. The molecule has 0 spiro atoms. The Labute approximate surface area is 66.1 Å². The molecule has 0 aromatic rings. The first kappa shape index (κ1) is 8.05. The lowest BCUT2D eigenvalue weighted by Gasteiger charge is -2.24. The average Bonchev–Trinajstić information content (AvgIpc) is 1.88. The second-order valence-corrected chi connectivity index (χ2v) is 2.82. The first-order chi connectivity index (χ1) is 4.83. The van der Waals surface area contributed by atoms with Crippen molar-refractivity contribution in [3.8, 4) is 0 Å². The molecule has 0 aliphatic carbocycles. The van der Waals surface area contributed by atoms with Gasteiger partial charge in [-0.15, -0.1) is 11.6 Å². The van der Waals surface area contributed by atoms with Crippen LogP contribution in [0.4, 0.5) is 0 Å². The molecule has 0 fully saturated rings. The summed E-state index contributed by atoms with van der Waals surface area (Å²) in [6.07, 6.45) is 3.50. The van der Waals surface area contributed by atoms with E-state index in [-0.39, 0.29) is 6.10 Å². The first-order valence-electron chi connectivity index (χ1n) is 3.46. The molecule has 10 heavy (non-hydrogen) atoms. The summed E-state index contributed by atoms with van der Waals surface area (Å²) in [5, 5.41) is 9.13. The third kappa shape index (κ3) is 2.29. The van der Waals surface area contributed by atoms with Crippen LogP contribution in [0.15, 0.2) is 12.2 Å². The smallest absolute Gasteiger partial charge is 0.0848 e. The van der Waals surface area contributed by atoms with E-state index in [2.05, 4.69) is 4.90 Å². The van der Waals surface area contributed by atoms with E-state index >= 15 is 0 Å². The summed E-state index contributed by atoms with van der Waals surface area (Å²) in [7, 11) is 0. The van der Waals surface area contributed by atoms with Crippen LogP contribution in [-0.2, 0) is 0 Å². The molecule has 0 aromatic carbocycles. The normalized spacial score (nSPS) is 27.2. The Morgan fingerprint density at radius 3 is 3.10 bits per heavy atom. The quantitative estimate of drug-likeness (QED) is 0.470. The topological polar surface area (TPSA) is 23.5 Å². The van der Waals surface area contributed by atoms with Gasteiger partial charge in [0, 0.05) is 25.5 Å². The van der Waals surface area contributed by atoms with E-state index in [1.54, 1.807) is 0 Å². The van der Waals surface area contributed by atoms with Crippen molar-refractivity contribution in [2.75, 3.05) is 25.5 Å². The zero-order valence-corrected chi connectivity index (χ0v) is 6.59. The number of aliphatic hydroxyl groups is 1. The standard InChI is InChI=1S/C7H12ClNO/c8-3-5-9-4-1-2-7(10)6-9/h1-2,7,10H,3-6H2. The van der Waals surface area contributed by atoms with Gasteiger partial charge in [-0.2, -0.15) is 0 Å². The van der Waals surface area contributed by atoms with E-state index in [1.807, 2.05) is 12.2 Å². The fourth-order valence-electron chi connectivity index (χ4n) is 1.07. The van der Waals surface area contributed by atoms with Gasteiger partial charge in [-0.1, -0.05) is 12.2 Å². The van der Waals surface area contributed by atoms with Gasteiger partial charge in [-0.25, -0.2) is 0 Å². The Morgan fingerprint density at radius 1 is 1.70 bits per heavy atom. The van der Waals surface area contributed by atoms with Crippen LogP contribution in [0.3, 0.4) is 0 Å². The van der Waals surface area contributed by atoms with Gasteiger partial charge in [0.15, 0.2) is 0 Å². The highest BCUT2D eigenvalue weighted by Crippen LogP contribution is 2.01. The van der Waals surface area contributed by atoms with Crippen molar-refractivity contribution in [2.45, 2.75) is 6.10 Å². The van der Waals surface area contributed by atoms with Gasteiger partial charge in [-0.3, -0.25) is 4.90 Å². The lowest BCUT2D eigenvalue weighted by atomic mass is 10.2. The summed E-state index contributed by atoms with van der Waals surface area (Å²) >= 11 is 5.54. The van der Waals surface area contributed by atoms with E-state index in [0.29, 0.717) is 5.88 Å². The molecule has 0 saturated heterocycles. The number of hydrogen-bond acceptors (Lipinski definition) is 2. The zero-order chi connectivity index (χ0) is 7.40. The third-order valence-corrected chi connectivity index (χ3v) is 1.74. The van der Waals surface area contributed by atoms with Crippen LogP contribution in [0.5, 0.6) is 0 Å². The van der Waals surface area contributed by atoms with Crippen LogP contribution < -0.4 is 0 Å². The van der Waals surface area contributed by atoms with Crippen molar-refractivity contribution in [1.82, 2.24) is 4.90 Å². The van der Waals surface area contributed by atoms with Crippen molar-refractivity contribution in [1.29, 1.82) is 0 Å². The molecule has 3 heteroatoms. The van der Waals surface area contributed by atoms with Crippen LogP contribution in [0.1, 0.15) is 0 Å². The molecule has 1 aliphatic heterocycles. The van der Waals surface area contributed by atoms with Gasteiger partial charge in [0.1, 0.15) is 0 Å². The number of β-amino-alcohol motifs (C(OH)–C–C–N with tert-alkyl or cyclic N) is 1.